The Morgan fingerprint density at radius 1 is 1.07 bits per heavy atom. The maximum absolute atomic E-state index is 12.7. The van der Waals surface area contributed by atoms with E-state index in [1.54, 1.807) is 18.1 Å². The Balaban J connectivity index is 1.46. The fourth-order valence-electron chi connectivity index (χ4n) is 2.79. The SMILES string of the molecule is CN(Cc1cnn(-c2ccccc2)c1)C(=O)c1csc(-c2ccccc2)n1. The Labute approximate surface area is 161 Å². The number of aromatic nitrogens is 3. The molecule has 0 aliphatic rings. The van der Waals surface area contributed by atoms with Gasteiger partial charge in [0.15, 0.2) is 0 Å². The molecule has 0 aliphatic heterocycles. The van der Waals surface area contributed by atoms with E-state index in [1.165, 1.54) is 11.3 Å². The van der Waals surface area contributed by atoms with Gasteiger partial charge in [0, 0.05) is 36.3 Å². The second-order valence-electron chi connectivity index (χ2n) is 6.19. The number of thiazole rings is 1. The lowest BCUT2D eigenvalue weighted by Crippen LogP contribution is -2.26. The zero-order chi connectivity index (χ0) is 18.6. The smallest absolute Gasteiger partial charge is 0.273 e. The normalized spacial score (nSPS) is 10.7. The summed E-state index contributed by atoms with van der Waals surface area (Å²) < 4.78 is 1.81. The van der Waals surface area contributed by atoms with Crippen LogP contribution in [0.3, 0.4) is 0 Å². The summed E-state index contributed by atoms with van der Waals surface area (Å²) in [7, 11) is 1.78. The zero-order valence-corrected chi connectivity index (χ0v) is 15.6. The van der Waals surface area contributed by atoms with E-state index in [2.05, 4.69) is 10.1 Å². The fraction of sp³-hybridized carbons (Fsp3) is 0.0952. The van der Waals surface area contributed by atoms with Crippen molar-refractivity contribution in [2.75, 3.05) is 7.05 Å². The average Bonchev–Trinajstić information content (AvgIpc) is 3.39. The molecule has 0 aliphatic carbocycles. The van der Waals surface area contributed by atoms with Crippen LogP contribution >= 0.6 is 11.3 Å². The highest BCUT2D eigenvalue weighted by Gasteiger charge is 2.17. The molecule has 4 rings (SSSR count). The molecule has 0 unspecified atom stereocenters. The molecule has 6 heteroatoms. The summed E-state index contributed by atoms with van der Waals surface area (Å²) in [6.07, 6.45) is 3.72. The van der Waals surface area contributed by atoms with Gasteiger partial charge in [0.2, 0.25) is 0 Å². The molecule has 5 nitrogen and oxygen atoms in total. The van der Waals surface area contributed by atoms with Crippen molar-refractivity contribution in [3.05, 3.63) is 89.7 Å². The predicted octanol–water partition coefficient (Wildman–Crippen LogP) is 4.27. The van der Waals surface area contributed by atoms with Crippen LogP contribution in [-0.2, 0) is 6.54 Å². The van der Waals surface area contributed by atoms with Gasteiger partial charge in [-0.25, -0.2) is 9.67 Å². The van der Waals surface area contributed by atoms with Gasteiger partial charge in [0.05, 0.1) is 11.9 Å². The molecule has 0 N–H and O–H groups in total. The van der Waals surface area contributed by atoms with E-state index < -0.39 is 0 Å². The molecule has 0 radical (unpaired) electrons. The monoisotopic (exact) mass is 374 g/mol. The second-order valence-corrected chi connectivity index (χ2v) is 7.05. The number of carbonyl (C=O) groups is 1. The van der Waals surface area contributed by atoms with Gasteiger partial charge in [0.1, 0.15) is 10.7 Å². The van der Waals surface area contributed by atoms with Gasteiger partial charge in [-0.05, 0) is 12.1 Å². The van der Waals surface area contributed by atoms with Crippen LogP contribution in [0.5, 0.6) is 0 Å². The summed E-state index contributed by atoms with van der Waals surface area (Å²) in [6.45, 7) is 0.476. The van der Waals surface area contributed by atoms with Crippen LogP contribution in [0.25, 0.3) is 16.3 Å². The number of hydrogen-bond donors (Lipinski definition) is 0. The number of amides is 1. The van der Waals surface area contributed by atoms with Crippen LogP contribution in [0.4, 0.5) is 0 Å². The minimum absolute atomic E-state index is 0.0964. The summed E-state index contributed by atoms with van der Waals surface area (Å²) in [4.78, 5) is 18.9. The molecular formula is C21H18N4OS. The van der Waals surface area contributed by atoms with E-state index in [0.29, 0.717) is 12.2 Å². The Morgan fingerprint density at radius 2 is 1.78 bits per heavy atom. The lowest BCUT2D eigenvalue weighted by Gasteiger charge is -2.14. The Hall–Kier alpha value is -3.25. The summed E-state index contributed by atoms with van der Waals surface area (Å²) in [6, 6.07) is 19.8. The first-order valence-corrected chi connectivity index (χ1v) is 9.44. The summed E-state index contributed by atoms with van der Waals surface area (Å²) in [5, 5.41) is 7.05. The first-order chi connectivity index (χ1) is 13.2. The molecule has 0 bridgehead atoms. The van der Waals surface area contributed by atoms with Gasteiger partial charge < -0.3 is 4.90 Å². The van der Waals surface area contributed by atoms with Gasteiger partial charge in [-0.15, -0.1) is 11.3 Å². The number of carbonyl (C=O) groups excluding carboxylic acids is 1. The van der Waals surface area contributed by atoms with Gasteiger partial charge in [0.25, 0.3) is 5.91 Å². The van der Waals surface area contributed by atoms with Crippen LogP contribution in [0.15, 0.2) is 78.4 Å². The predicted molar refractivity (Wildman–Crippen MR) is 107 cm³/mol. The molecule has 2 heterocycles. The third-order valence-corrected chi connectivity index (χ3v) is 5.06. The van der Waals surface area contributed by atoms with Gasteiger partial charge in [-0.1, -0.05) is 48.5 Å². The van der Waals surface area contributed by atoms with Crippen LogP contribution in [0.2, 0.25) is 0 Å². The van der Waals surface area contributed by atoms with Crippen molar-refractivity contribution in [1.29, 1.82) is 0 Å². The molecule has 0 atom stereocenters. The Morgan fingerprint density at radius 3 is 2.52 bits per heavy atom. The van der Waals surface area contributed by atoms with E-state index in [9.17, 15) is 4.79 Å². The van der Waals surface area contributed by atoms with Crippen LogP contribution in [-0.4, -0.2) is 32.6 Å². The lowest BCUT2D eigenvalue weighted by atomic mass is 10.2. The highest BCUT2D eigenvalue weighted by Crippen LogP contribution is 2.24. The molecule has 4 aromatic rings. The van der Waals surface area contributed by atoms with Crippen LogP contribution < -0.4 is 0 Å². The minimum atomic E-state index is -0.0964. The number of rotatable bonds is 5. The number of benzene rings is 2. The molecule has 0 fully saturated rings. The van der Waals surface area contributed by atoms with Crippen molar-refractivity contribution in [3.63, 3.8) is 0 Å². The third kappa shape index (κ3) is 3.80. The molecule has 0 saturated carbocycles. The molecule has 134 valence electrons. The van der Waals surface area contributed by atoms with Crippen molar-refractivity contribution < 1.29 is 4.79 Å². The lowest BCUT2D eigenvalue weighted by molar-refractivity contribution is 0.0780. The molecular weight excluding hydrogens is 356 g/mol. The summed E-state index contributed by atoms with van der Waals surface area (Å²) >= 11 is 1.48. The first kappa shape index (κ1) is 17.2. The van der Waals surface area contributed by atoms with Crippen molar-refractivity contribution in [2.24, 2.45) is 0 Å². The molecule has 1 amide bonds. The standard InChI is InChI=1S/C21H18N4OS/c1-24(13-16-12-22-25(14-16)18-10-6-3-7-11-18)21(26)19-15-27-20(23-19)17-8-4-2-5-9-17/h2-12,14-15H,13H2,1H3. The van der Waals surface area contributed by atoms with Crippen molar-refractivity contribution >= 4 is 17.2 Å². The van der Waals surface area contributed by atoms with Gasteiger partial charge in [-0.3, -0.25) is 4.79 Å². The van der Waals surface area contributed by atoms with Gasteiger partial charge in [-0.2, -0.15) is 5.10 Å². The topological polar surface area (TPSA) is 51.0 Å². The van der Waals surface area contributed by atoms with Crippen molar-refractivity contribution in [1.82, 2.24) is 19.7 Å². The highest BCUT2D eigenvalue weighted by atomic mass is 32.1. The Kier molecular flexibility index (Phi) is 4.80. The van der Waals surface area contributed by atoms with Crippen molar-refractivity contribution in [2.45, 2.75) is 6.54 Å². The second kappa shape index (κ2) is 7.55. The summed E-state index contributed by atoms with van der Waals surface area (Å²) in [5.74, 6) is -0.0964. The van der Waals surface area contributed by atoms with Crippen LogP contribution in [0.1, 0.15) is 16.1 Å². The van der Waals surface area contributed by atoms with E-state index in [0.717, 1.165) is 21.8 Å². The van der Waals surface area contributed by atoms with Crippen LogP contribution in [0, 0.1) is 0 Å². The van der Waals surface area contributed by atoms with E-state index in [4.69, 9.17) is 0 Å². The average molecular weight is 374 g/mol. The van der Waals surface area contributed by atoms with E-state index in [1.807, 2.05) is 76.9 Å². The minimum Gasteiger partial charge on any atom is -0.336 e. The van der Waals surface area contributed by atoms with Gasteiger partial charge >= 0.3 is 0 Å². The molecule has 0 saturated heterocycles. The zero-order valence-electron chi connectivity index (χ0n) is 14.8. The molecule has 27 heavy (non-hydrogen) atoms. The molecule has 0 spiro atoms. The highest BCUT2D eigenvalue weighted by molar-refractivity contribution is 7.13. The maximum Gasteiger partial charge on any atom is 0.273 e. The fourth-order valence-corrected chi connectivity index (χ4v) is 3.59. The van der Waals surface area contributed by atoms with E-state index in [-0.39, 0.29) is 5.91 Å². The number of nitrogens with zero attached hydrogens (tertiary/aromatic N) is 4. The van der Waals surface area contributed by atoms with Crippen molar-refractivity contribution in [3.8, 4) is 16.3 Å². The number of hydrogen-bond acceptors (Lipinski definition) is 4. The largest absolute Gasteiger partial charge is 0.336 e. The summed E-state index contributed by atoms with van der Waals surface area (Å²) in [5.41, 5.74) is 3.45. The molecule has 2 aromatic heterocycles. The number of para-hydroxylation sites is 1. The first-order valence-electron chi connectivity index (χ1n) is 8.56. The third-order valence-electron chi connectivity index (χ3n) is 4.17. The van der Waals surface area contributed by atoms with E-state index >= 15 is 0 Å². The quantitative estimate of drug-likeness (QED) is 0.524. The Bertz CT molecular complexity index is 1040. The molecule has 2 aromatic carbocycles. The maximum atomic E-state index is 12.7.